The first kappa shape index (κ1) is 20.7. The number of aryl methyl sites for hydroxylation is 2. The molecule has 3 aromatic rings. The van der Waals surface area contributed by atoms with E-state index in [1.54, 1.807) is 37.4 Å². The fourth-order valence-corrected chi connectivity index (χ4v) is 3.73. The Morgan fingerprint density at radius 3 is 2.35 bits per heavy atom. The number of imide groups is 1. The Hall–Kier alpha value is -3.57. The lowest BCUT2D eigenvalue weighted by Gasteiger charge is -2.17. The molecule has 156 valence electrons. The summed E-state index contributed by atoms with van der Waals surface area (Å²) in [5.74, 6) is -0.251. The van der Waals surface area contributed by atoms with Crippen molar-refractivity contribution >= 4 is 40.4 Å². The number of rotatable bonds is 5. The van der Waals surface area contributed by atoms with Crippen LogP contribution in [-0.2, 0) is 9.59 Å². The molecular weight excluding hydrogens is 412 g/mol. The van der Waals surface area contributed by atoms with Crippen LogP contribution >= 0.6 is 11.6 Å². The molecule has 0 saturated carbocycles. The van der Waals surface area contributed by atoms with Gasteiger partial charge in [0.15, 0.2) is 0 Å². The molecule has 1 N–H and O–H groups in total. The van der Waals surface area contributed by atoms with Gasteiger partial charge in [-0.25, -0.2) is 4.90 Å². The number of ether oxygens (including phenoxy) is 1. The number of nitrogens with one attached hydrogen (secondary N) is 1. The molecule has 4 rings (SSSR count). The number of methoxy groups -OCH3 is 1. The fourth-order valence-electron chi connectivity index (χ4n) is 3.51. The molecule has 3 aromatic carbocycles. The van der Waals surface area contributed by atoms with Gasteiger partial charge in [0.2, 0.25) is 0 Å². The summed E-state index contributed by atoms with van der Waals surface area (Å²) >= 11 is 6.32. The van der Waals surface area contributed by atoms with Crippen molar-refractivity contribution in [3.8, 4) is 5.75 Å². The highest BCUT2D eigenvalue weighted by atomic mass is 35.5. The molecule has 0 aromatic heterocycles. The Labute approximate surface area is 185 Å². The normalized spacial score (nSPS) is 13.7. The van der Waals surface area contributed by atoms with Crippen molar-refractivity contribution < 1.29 is 14.3 Å². The van der Waals surface area contributed by atoms with E-state index in [0.717, 1.165) is 16.0 Å². The molecule has 0 fully saturated rings. The van der Waals surface area contributed by atoms with Crippen LogP contribution in [0.15, 0.2) is 72.4 Å². The minimum absolute atomic E-state index is 0.196. The number of para-hydroxylation sites is 1. The lowest BCUT2D eigenvalue weighted by molar-refractivity contribution is -0.120. The summed E-state index contributed by atoms with van der Waals surface area (Å²) in [6, 6.07) is 19.7. The maximum Gasteiger partial charge on any atom is 0.282 e. The predicted octanol–water partition coefficient (Wildman–Crippen LogP) is 5.36. The molecule has 0 spiro atoms. The Kier molecular flexibility index (Phi) is 5.53. The Morgan fingerprint density at radius 1 is 0.871 bits per heavy atom. The van der Waals surface area contributed by atoms with Gasteiger partial charge in [0.1, 0.15) is 11.4 Å². The number of anilines is 2. The van der Waals surface area contributed by atoms with E-state index in [0.29, 0.717) is 33.3 Å². The number of hydrogen-bond acceptors (Lipinski definition) is 4. The standard InChI is InChI=1S/C25H21ClN2O3/c1-15-11-12-17(13-16(15)2)22-23(27-18-7-6-8-19(14-18)31-3)25(30)28(24(22)29)21-10-5-4-9-20(21)26/h4-14,27H,1-3H3. The monoisotopic (exact) mass is 432 g/mol. The number of halogens is 1. The van der Waals surface area contributed by atoms with Crippen molar-refractivity contribution in [2.45, 2.75) is 13.8 Å². The maximum atomic E-state index is 13.5. The van der Waals surface area contributed by atoms with E-state index in [1.165, 1.54) is 0 Å². The SMILES string of the molecule is COc1cccc(NC2=C(c3ccc(C)c(C)c3)C(=O)N(c3ccccc3Cl)C2=O)c1. The molecule has 0 saturated heterocycles. The zero-order chi connectivity index (χ0) is 22.1. The number of amides is 2. The third-order valence-electron chi connectivity index (χ3n) is 5.31. The minimum atomic E-state index is -0.464. The first-order valence-corrected chi connectivity index (χ1v) is 10.1. The molecule has 1 aliphatic heterocycles. The molecule has 2 amide bonds. The van der Waals surface area contributed by atoms with Crippen LogP contribution in [0.4, 0.5) is 11.4 Å². The fraction of sp³-hybridized carbons (Fsp3) is 0.120. The molecule has 0 radical (unpaired) electrons. The van der Waals surface area contributed by atoms with Gasteiger partial charge in [0, 0.05) is 11.8 Å². The molecule has 1 aliphatic rings. The topological polar surface area (TPSA) is 58.6 Å². The average Bonchev–Trinajstić information content (AvgIpc) is 3.00. The van der Waals surface area contributed by atoms with E-state index in [9.17, 15) is 9.59 Å². The number of nitrogens with zero attached hydrogens (tertiary/aromatic N) is 1. The summed E-state index contributed by atoms with van der Waals surface area (Å²) in [5.41, 5.74) is 4.29. The number of carbonyl (C=O) groups excluding carboxylic acids is 2. The van der Waals surface area contributed by atoms with E-state index in [1.807, 2.05) is 50.2 Å². The largest absolute Gasteiger partial charge is 0.497 e. The second-order valence-electron chi connectivity index (χ2n) is 7.30. The molecule has 31 heavy (non-hydrogen) atoms. The molecule has 0 atom stereocenters. The van der Waals surface area contributed by atoms with Crippen molar-refractivity contribution in [2.75, 3.05) is 17.3 Å². The Balaban J connectivity index is 1.86. The zero-order valence-corrected chi connectivity index (χ0v) is 18.2. The molecule has 0 aliphatic carbocycles. The van der Waals surface area contributed by atoms with Crippen LogP contribution in [0.3, 0.4) is 0 Å². The van der Waals surface area contributed by atoms with Gasteiger partial charge in [-0.2, -0.15) is 0 Å². The van der Waals surface area contributed by atoms with Crippen LogP contribution in [0.1, 0.15) is 16.7 Å². The number of benzene rings is 3. The summed E-state index contributed by atoms with van der Waals surface area (Å²) in [4.78, 5) is 28.1. The molecular formula is C25H21ClN2O3. The van der Waals surface area contributed by atoms with Crippen LogP contribution in [-0.4, -0.2) is 18.9 Å². The van der Waals surface area contributed by atoms with Crippen LogP contribution in [0.5, 0.6) is 5.75 Å². The van der Waals surface area contributed by atoms with Gasteiger partial charge in [-0.15, -0.1) is 0 Å². The second kappa shape index (κ2) is 8.28. The van der Waals surface area contributed by atoms with Crippen LogP contribution in [0, 0.1) is 13.8 Å². The van der Waals surface area contributed by atoms with Gasteiger partial charge in [-0.05, 0) is 54.8 Å². The van der Waals surface area contributed by atoms with Crippen molar-refractivity contribution in [1.29, 1.82) is 0 Å². The van der Waals surface area contributed by atoms with Gasteiger partial charge in [-0.1, -0.05) is 48.0 Å². The molecule has 5 nitrogen and oxygen atoms in total. The van der Waals surface area contributed by atoms with Crippen molar-refractivity contribution in [2.24, 2.45) is 0 Å². The second-order valence-corrected chi connectivity index (χ2v) is 7.71. The van der Waals surface area contributed by atoms with Crippen molar-refractivity contribution in [3.63, 3.8) is 0 Å². The van der Waals surface area contributed by atoms with Crippen molar-refractivity contribution in [3.05, 3.63) is 94.1 Å². The Bertz CT molecular complexity index is 1230. The quantitative estimate of drug-likeness (QED) is 0.551. The highest BCUT2D eigenvalue weighted by Crippen LogP contribution is 2.37. The third kappa shape index (κ3) is 3.80. The van der Waals surface area contributed by atoms with E-state index < -0.39 is 11.8 Å². The first-order chi connectivity index (χ1) is 14.9. The highest BCUT2D eigenvalue weighted by molar-refractivity contribution is 6.48. The molecule has 0 bridgehead atoms. The lowest BCUT2D eigenvalue weighted by Crippen LogP contribution is -2.32. The van der Waals surface area contributed by atoms with E-state index in [4.69, 9.17) is 16.3 Å². The third-order valence-corrected chi connectivity index (χ3v) is 5.63. The molecule has 1 heterocycles. The first-order valence-electron chi connectivity index (χ1n) is 9.77. The number of hydrogen-bond donors (Lipinski definition) is 1. The zero-order valence-electron chi connectivity index (χ0n) is 17.4. The van der Waals surface area contributed by atoms with Crippen LogP contribution in [0.25, 0.3) is 5.57 Å². The summed E-state index contributed by atoms with van der Waals surface area (Å²) in [5, 5.41) is 3.47. The molecule has 0 unspecified atom stereocenters. The van der Waals surface area contributed by atoms with Gasteiger partial charge in [-0.3, -0.25) is 9.59 Å². The van der Waals surface area contributed by atoms with Gasteiger partial charge in [0.05, 0.1) is 23.4 Å². The predicted molar refractivity (Wildman–Crippen MR) is 123 cm³/mol. The summed E-state index contributed by atoms with van der Waals surface area (Å²) in [6.45, 7) is 3.97. The van der Waals surface area contributed by atoms with E-state index in [2.05, 4.69) is 5.32 Å². The smallest absolute Gasteiger partial charge is 0.282 e. The van der Waals surface area contributed by atoms with Crippen LogP contribution in [0.2, 0.25) is 5.02 Å². The Morgan fingerprint density at radius 2 is 1.65 bits per heavy atom. The summed E-state index contributed by atoms with van der Waals surface area (Å²) in [6.07, 6.45) is 0. The van der Waals surface area contributed by atoms with Crippen molar-refractivity contribution in [1.82, 2.24) is 0 Å². The summed E-state index contributed by atoms with van der Waals surface area (Å²) in [7, 11) is 1.57. The lowest BCUT2D eigenvalue weighted by atomic mass is 9.99. The van der Waals surface area contributed by atoms with Gasteiger partial charge in [0.25, 0.3) is 11.8 Å². The van der Waals surface area contributed by atoms with E-state index in [-0.39, 0.29) is 5.70 Å². The summed E-state index contributed by atoms with van der Waals surface area (Å²) < 4.78 is 5.28. The highest BCUT2D eigenvalue weighted by Gasteiger charge is 2.41. The minimum Gasteiger partial charge on any atom is -0.497 e. The number of carbonyl (C=O) groups is 2. The van der Waals surface area contributed by atoms with Gasteiger partial charge >= 0.3 is 0 Å². The maximum absolute atomic E-state index is 13.5. The van der Waals surface area contributed by atoms with Crippen LogP contribution < -0.4 is 15.0 Å². The van der Waals surface area contributed by atoms with E-state index >= 15 is 0 Å². The molecule has 6 heteroatoms. The van der Waals surface area contributed by atoms with Gasteiger partial charge < -0.3 is 10.1 Å². The average molecular weight is 433 g/mol.